The summed E-state index contributed by atoms with van der Waals surface area (Å²) < 4.78 is 1.10. The molecule has 0 bridgehead atoms. The highest BCUT2D eigenvalue weighted by atomic mass is 127. The van der Waals surface area contributed by atoms with Crippen LogP contribution in [-0.2, 0) is 12.0 Å². The van der Waals surface area contributed by atoms with Gasteiger partial charge in [0.25, 0.3) is 0 Å². The predicted octanol–water partition coefficient (Wildman–Crippen LogP) is 4.47. The number of nitrogens with one attached hydrogen (secondary N) is 2. The molecule has 0 aliphatic heterocycles. The van der Waals surface area contributed by atoms with E-state index in [0.29, 0.717) is 6.54 Å². The van der Waals surface area contributed by atoms with Gasteiger partial charge in [-0.15, -0.1) is 35.3 Å². The Labute approximate surface area is 173 Å². The highest BCUT2D eigenvalue weighted by Gasteiger charge is 2.20. The van der Waals surface area contributed by atoms with Crippen LogP contribution in [0.25, 0.3) is 0 Å². The fourth-order valence-corrected chi connectivity index (χ4v) is 3.16. The van der Waals surface area contributed by atoms with Crippen molar-refractivity contribution in [2.45, 2.75) is 32.7 Å². The van der Waals surface area contributed by atoms with Crippen LogP contribution in [0, 0.1) is 6.92 Å². The molecule has 7 heteroatoms. The van der Waals surface area contributed by atoms with Crippen molar-refractivity contribution in [1.29, 1.82) is 0 Å². The minimum Gasteiger partial charge on any atom is -0.356 e. The van der Waals surface area contributed by atoms with Gasteiger partial charge in [0.15, 0.2) is 5.96 Å². The first-order valence-corrected chi connectivity index (χ1v) is 9.13. The maximum Gasteiger partial charge on any atom is 0.191 e. The number of hydrogen-bond acceptors (Lipinski definition) is 3. The molecule has 0 saturated carbocycles. The van der Waals surface area contributed by atoms with Crippen LogP contribution in [0.5, 0.6) is 0 Å². The fraction of sp³-hybridized carbons (Fsp3) is 0.412. The summed E-state index contributed by atoms with van der Waals surface area (Å²) in [5, 5.41) is 7.78. The average Bonchev–Trinajstić information content (AvgIpc) is 2.93. The van der Waals surface area contributed by atoms with Gasteiger partial charge in [-0.05, 0) is 24.6 Å². The first-order valence-electron chi connectivity index (χ1n) is 7.52. The lowest BCUT2D eigenvalue weighted by atomic mass is 9.85. The van der Waals surface area contributed by atoms with Gasteiger partial charge in [-0.25, -0.2) is 4.98 Å². The number of aliphatic imine (C=N–C) groups is 1. The topological polar surface area (TPSA) is 49.3 Å². The molecule has 24 heavy (non-hydrogen) atoms. The first-order chi connectivity index (χ1) is 10.9. The van der Waals surface area contributed by atoms with E-state index in [1.54, 1.807) is 18.4 Å². The monoisotopic (exact) mass is 522 g/mol. The number of benzene rings is 1. The van der Waals surface area contributed by atoms with Crippen LogP contribution in [0.4, 0.5) is 0 Å². The molecule has 0 unspecified atom stereocenters. The van der Waals surface area contributed by atoms with Gasteiger partial charge in [-0.2, -0.15) is 0 Å². The molecule has 4 nitrogen and oxygen atoms in total. The van der Waals surface area contributed by atoms with Gasteiger partial charge in [0.1, 0.15) is 5.01 Å². The summed E-state index contributed by atoms with van der Waals surface area (Å²) in [6, 6.07) is 8.46. The number of rotatable bonds is 5. The standard InChI is InChI=1S/C17H23BrN4S.HI/c1-12-9-20-15(23-12)10-21-16(19-4)22-11-17(2,3)13-5-7-14(18)8-6-13;/h5-9H,10-11H2,1-4H3,(H2,19,21,22);1H. The second-order valence-electron chi connectivity index (χ2n) is 6.03. The molecule has 2 N–H and O–H groups in total. The summed E-state index contributed by atoms with van der Waals surface area (Å²) in [6.07, 6.45) is 1.90. The molecule has 2 aromatic rings. The normalized spacial score (nSPS) is 11.8. The lowest BCUT2D eigenvalue weighted by Gasteiger charge is -2.26. The predicted molar refractivity (Wildman–Crippen MR) is 118 cm³/mol. The minimum absolute atomic E-state index is 0. The Morgan fingerprint density at radius 3 is 2.46 bits per heavy atom. The summed E-state index contributed by atoms with van der Waals surface area (Å²) >= 11 is 5.18. The molecule has 0 saturated heterocycles. The third kappa shape index (κ3) is 6.33. The van der Waals surface area contributed by atoms with Crippen molar-refractivity contribution in [2.75, 3.05) is 13.6 Å². The molecule has 0 aliphatic rings. The van der Waals surface area contributed by atoms with Crippen LogP contribution in [0.3, 0.4) is 0 Å². The summed E-state index contributed by atoms with van der Waals surface area (Å²) in [5.41, 5.74) is 1.30. The SMILES string of the molecule is CN=C(NCc1ncc(C)s1)NCC(C)(C)c1ccc(Br)cc1.I. The minimum atomic E-state index is 0. The molecule has 1 heterocycles. The van der Waals surface area contributed by atoms with E-state index in [0.717, 1.165) is 22.0 Å². The van der Waals surface area contributed by atoms with Crippen molar-refractivity contribution in [3.8, 4) is 0 Å². The maximum atomic E-state index is 4.36. The smallest absolute Gasteiger partial charge is 0.191 e. The second kappa shape index (κ2) is 9.72. The summed E-state index contributed by atoms with van der Waals surface area (Å²) in [6.45, 7) is 8.00. The first kappa shape index (κ1) is 21.4. The number of guanidine groups is 1. The zero-order valence-electron chi connectivity index (χ0n) is 14.4. The van der Waals surface area contributed by atoms with E-state index in [-0.39, 0.29) is 29.4 Å². The van der Waals surface area contributed by atoms with E-state index in [1.165, 1.54) is 10.4 Å². The number of aromatic nitrogens is 1. The number of halogens is 2. The van der Waals surface area contributed by atoms with Crippen molar-refractivity contribution in [2.24, 2.45) is 4.99 Å². The van der Waals surface area contributed by atoms with Crippen molar-refractivity contribution >= 4 is 57.2 Å². The van der Waals surface area contributed by atoms with Crippen LogP contribution in [0.1, 0.15) is 29.3 Å². The molecule has 0 spiro atoms. The van der Waals surface area contributed by atoms with E-state index >= 15 is 0 Å². The molecule has 132 valence electrons. The third-order valence-corrected chi connectivity index (χ3v) is 5.06. The fourth-order valence-electron chi connectivity index (χ4n) is 2.17. The molecular formula is C17H24BrIN4S. The Balaban J connectivity index is 0.00000288. The van der Waals surface area contributed by atoms with Gasteiger partial charge in [0.2, 0.25) is 0 Å². The van der Waals surface area contributed by atoms with Crippen molar-refractivity contribution < 1.29 is 0 Å². The van der Waals surface area contributed by atoms with Gasteiger partial charge >= 0.3 is 0 Å². The van der Waals surface area contributed by atoms with Crippen LogP contribution < -0.4 is 10.6 Å². The molecule has 0 radical (unpaired) electrons. The zero-order chi connectivity index (χ0) is 16.9. The molecule has 1 aromatic carbocycles. The average molecular weight is 523 g/mol. The highest BCUT2D eigenvalue weighted by molar-refractivity contribution is 14.0. The van der Waals surface area contributed by atoms with Crippen LogP contribution in [-0.4, -0.2) is 24.5 Å². The zero-order valence-corrected chi connectivity index (χ0v) is 19.1. The lowest BCUT2D eigenvalue weighted by Crippen LogP contribution is -2.43. The number of hydrogen-bond donors (Lipinski definition) is 2. The second-order valence-corrected chi connectivity index (χ2v) is 8.27. The van der Waals surface area contributed by atoms with Crippen LogP contribution in [0.2, 0.25) is 0 Å². The highest BCUT2D eigenvalue weighted by Crippen LogP contribution is 2.24. The van der Waals surface area contributed by atoms with E-state index in [1.807, 2.05) is 6.20 Å². The Morgan fingerprint density at radius 2 is 1.92 bits per heavy atom. The maximum absolute atomic E-state index is 4.36. The van der Waals surface area contributed by atoms with Gasteiger partial charge < -0.3 is 10.6 Å². The molecule has 0 atom stereocenters. The molecular weight excluding hydrogens is 499 g/mol. The molecule has 0 fully saturated rings. The molecule has 0 amide bonds. The molecule has 1 aromatic heterocycles. The van der Waals surface area contributed by atoms with Gasteiger partial charge in [0.05, 0.1) is 6.54 Å². The number of thiazole rings is 1. The Kier molecular flexibility index (Phi) is 8.66. The summed E-state index contributed by atoms with van der Waals surface area (Å²) in [5.74, 6) is 0.794. The van der Waals surface area contributed by atoms with Crippen LogP contribution in [0.15, 0.2) is 39.9 Å². The van der Waals surface area contributed by atoms with E-state index in [9.17, 15) is 0 Å². The quantitative estimate of drug-likeness (QED) is 0.346. The van der Waals surface area contributed by atoms with Crippen molar-refractivity contribution in [3.63, 3.8) is 0 Å². The van der Waals surface area contributed by atoms with Gasteiger partial charge in [-0.3, -0.25) is 4.99 Å². The van der Waals surface area contributed by atoms with Gasteiger partial charge in [-0.1, -0.05) is 41.9 Å². The molecule has 2 rings (SSSR count). The number of nitrogens with zero attached hydrogens (tertiary/aromatic N) is 2. The van der Waals surface area contributed by atoms with E-state index in [2.05, 4.69) is 81.6 Å². The Hall–Kier alpha value is -0.670. The van der Waals surface area contributed by atoms with E-state index < -0.39 is 0 Å². The van der Waals surface area contributed by atoms with Crippen LogP contribution >= 0.6 is 51.2 Å². The lowest BCUT2D eigenvalue weighted by molar-refractivity contribution is 0.508. The van der Waals surface area contributed by atoms with Crippen molar-refractivity contribution in [3.05, 3.63) is 50.4 Å². The largest absolute Gasteiger partial charge is 0.356 e. The van der Waals surface area contributed by atoms with E-state index in [4.69, 9.17) is 0 Å². The summed E-state index contributed by atoms with van der Waals surface area (Å²) in [7, 11) is 1.79. The third-order valence-electron chi connectivity index (χ3n) is 3.62. The molecule has 0 aliphatic carbocycles. The summed E-state index contributed by atoms with van der Waals surface area (Å²) in [4.78, 5) is 9.86. The number of aryl methyl sites for hydroxylation is 1. The van der Waals surface area contributed by atoms with Crippen molar-refractivity contribution in [1.82, 2.24) is 15.6 Å². The Morgan fingerprint density at radius 1 is 1.25 bits per heavy atom. The Bertz CT molecular complexity index is 667. The van der Waals surface area contributed by atoms with Gasteiger partial charge in [0, 0.05) is 34.6 Å².